The molecule has 0 spiro atoms. The van der Waals surface area contributed by atoms with Crippen molar-refractivity contribution in [1.29, 1.82) is 0 Å². The van der Waals surface area contributed by atoms with Crippen LogP contribution in [0, 0.1) is 0 Å². The summed E-state index contributed by atoms with van der Waals surface area (Å²) in [4.78, 5) is 0. The fraction of sp³-hybridized carbons (Fsp3) is 0.750. The minimum atomic E-state index is 0.382. The maximum atomic E-state index is 5.39. The summed E-state index contributed by atoms with van der Waals surface area (Å²) in [6.45, 7) is 7.27. The number of nitrogens with one attached hydrogen (secondary N) is 2. The Labute approximate surface area is 67.8 Å². The van der Waals surface area contributed by atoms with Crippen molar-refractivity contribution in [3.05, 3.63) is 12.8 Å². The van der Waals surface area contributed by atoms with E-state index in [2.05, 4.69) is 17.2 Å². The molecule has 0 saturated carbocycles. The summed E-state index contributed by atoms with van der Waals surface area (Å²) in [7, 11) is 0. The number of hydrogen-bond acceptors (Lipinski definition) is 3. The highest BCUT2D eigenvalue weighted by atomic mass is 16.5. The van der Waals surface area contributed by atoms with Crippen LogP contribution in [-0.2, 0) is 4.74 Å². The van der Waals surface area contributed by atoms with Crippen molar-refractivity contribution < 1.29 is 4.74 Å². The van der Waals surface area contributed by atoms with Crippen LogP contribution in [0.25, 0.3) is 0 Å². The third-order valence-electron chi connectivity index (χ3n) is 1.71. The fourth-order valence-electron chi connectivity index (χ4n) is 1.13. The standard InChI is InChI=1S/C8H16N2O/c1-2-10-8-6-9-4-3-5-11-7-8/h2,8-10H,1,3-7H2. The van der Waals surface area contributed by atoms with E-state index in [1.165, 1.54) is 0 Å². The van der Waals surface area contributed by atoms with Crippen molar-refractivity contribution in [3.63, 3.8) is 0 Å². The molecule has 1 fully saturated rings. The predicted octanol–water partition coefficient (Wildman–Crippen LogP) is 0.0980. The van der Waals surface area contributed by atoms with E-state index in [-0.39, 0.29) is 0 Å². The Hall–Kier alpha value is -0.540. The molecule has 3 heteroatoms. The van der Waals surface area contributed by atoms with Crippen LogP contribution in [0.5, 0.6) is 0 Å². The zero-order valence-corrected chi connectivity index (χ0v) is 6.81. The molecule has 1 aliphatic rings. The van der Waals surface area contributed by atoms with Gasteiger partial charge >= 0.3 is 0 Å². The lowest BCUT2D eigenvalue weighted by Gasteiger charge is -2.20. The van der Waals surface area contributed by atoms with Gasteiger partial charge in [-0.3, -0.25) is 0 Å². The van der Waals surface area contributed by atoms with Gasteiger partial charge in [-0.1, -0.05) is 6.58 Å². The van der Waals surface area contributed by atoms with E-state index >= 15 is 0 Å². The van der Waals surface area contributed by atoms with E-state index in [4.69, 9.17) is 4.74 Å². The average molecular weight is 156 g/mol. The lowest BCUT2D eigenvalue weighted by molar-refractivity contribution is 0.102. The largest absolute Gasteiger partial charge is 0.385 e. The number of ether oxygens (including phenoxy) is 1. The van der Waals surface area contributed by atoms with Gasteiger partial charge in [0, 0.05) is 13.2 Å². The molecular weight excluding hydrogens is 140 g/mol. The van der Waals surface area contributed by atoms with Crippen LogP contribution in [0.2, 0.25) is 0 Å². The van der Waals surface area contributed by atoms with Crippen molar-refractivity contribution in [2.24, 2.45) is 0 Å². The van der Waals surface area contributed by atoms with Crippen LogP contribution < -0.4 is 10.6 Å². The topological polar surface area (TPSA) is 33.3 Å². The molecule has 0 aromatic heterocycles. The molecule has 0 aromatic rings. The maximum absolute atomic E-state index is 5.39. The lowest BCUT2D eigenvalue weighted by Crippen LogP contribution is -2.41. The Kier molecular flexibility index (Phi) is 4.01. The number of hydrogen-bond donors (Lipinski definition) is 2. The van der Waals surface area contributed by atoms with Gasteiger partial charge in [-0.2, -0.15) is 0 Å². The van der Waals surface area contributed by atoms with Crippen LogP contribution in [0.15, 0.2) is 12.8 Å². The highest BCUT2D eigenvalue weighted by Gasteiger charge is 2.07. The second kappa shape index (κ2) is 5.16. The second-order valence-corrected chi connectivity index (χ2v) is 2.70. The molecule has 1 rings (SSSR count). The first kappa shape index (κ1) is 8.56. The molecule has 1 heterocycles. The minimum Gasteiger partial charge on any atom is -0.385 e. The molecule has 1 aliphatic heterocycles. The highest BCUT2D eigenvalue weighted by Crippen LogP contribution is 1.91. The first-order chi connectivity index (χ1) is 5.43. The van der Waals surface area contributed by atoms with Gasteiger partial charge < -0.3 is 15.4 Å². The molecule has 0 bridgehead atoms. The molecule has 0 amide bonds. The molecule has 0 aliphatic carbocycles. The summed E-state index contributed by atoms with van der Waals surface area (Å²) in [6, 6.07) is 0.382. The first-order valence-electron chi connectivity index (χ1n) is 4.09. The van der Waals surface area contributed by atoms with Crippen molar-refractivity contribution in [1.82, 2.24) is 10.6 Å². The lowest BCUT2D eigenvalue weighted by atomic mass is 10.3. The first-order valence-corrected chi connectivity index (χ1v) is 4.09. The van der Waals surface area contributed by atoms with Gasteiger partial charge in [0.25, 0.3) is 0 Å². The molecule has 0 aromatic carbocycles. The van der Waals surface area contributed by atoms with Crippen LogP contribution in [0.1, 0.15) is 6.42 Å². The quantitative estimate of drug-likeness (QED) is 0.595. The average Bonchev–Trinajstić information content (AvgIpc) is 1.94. The van der Waals surface area contributed by atoms with Gasteiger partial charge in [-0.15, -0.1) is 0 Å². The van der Waals surface area contributed by atoms with E-state index in [9.17, 15) is 0 Å². The molecule has 1 saturated heterocycles. The van der Waals surface area contributed by atoms with Crippen LogP contribution in [0.3, 0.4) is 0 Å². The van der Waals surface area contributed by atoms with E-state index < -0.39 is 0 Å². The summed E-state index contributed by atoms with van der Waals surface area (Å²) >= 11 is 0. The van der Waals surface area contributed by atoms with Gasteiger partial charge in [0.1, 0.15) is 0 Å². The molecule has 3 nitrogen and oxygen atoms in total. The summed E-state index contributed by atoms with van der Waals surface area (Å²) in [6.07, 6.45) is 2.83. The Morgan fingerprint density at radius 2 is 2.55 bits per heavy atom. The van der Waals surface area contributed by atoms with Gasteiger partial charge in [-0.05, 0) is 19.2 Å². The summed E-state index contributed by atoms with van der Waals surface area (Å²) in [5.41, 5.74) is 0. The summed E-state index contributed by atoms with van der Waals surface area (Å²) in [5, 5.41) is 6.46. The zero-order valence-electron chi connectivity index (χ0n) is 6.81. The van der Waals surface area contributed by atoms with Crippen LogP contribution in [0.4, 0.5) is 0 Å². The predicted molar refractivity (Wildman–Crippen MR) is 45.4 cm³/mol. The Balaban J connectivity index is 2.20. The molecule has 1 atom stereocenters. The third kappa shape index (κ3) is 3.39. The molecule has 1 unspecified atom stereocenters. The van der Waals surface area contributed by atoms with Gasteiger partial charge in [-0.25, -0.2) is 0 Å². The Bertz CT molecular complexity index is 109. The molecule has 64 valence electrons. The third-order valence-corrected chi connectivity index (χ3v) is 1.71. The summed E-state index contributed by atoms with van der Waals surface area (Å²) < 4.78 is 5.39. The van der Waals surface area contributed by atoms with E-state index in [1.54, 1.807) is 6.20 Å². The fourth-order valence-corrected chi connectivity index (χ4v) is 1.13. The van der Waals surface area contributed by atoms with E-state index in [0.29, 0.717) is 6.04 Å². The molecular formula is C8H16N2O. The number of rotatable bonds is 2. The minimum absolute atomic E-state index is 0.382. The Morgan fingerprint density at radius 1 is 1.64 bits per heavy atom. The van der Waals surface area contributed by atoms with Crippen LogP contribution in [-0.4, -0.2) is 32.3 Å². The van der Waals surface area contributed by atoms with Crippen molar-refractivity contribution in [2.75, 3.05) is 26.3 Å². The zero-order chi connectivity index (χ0) is 7.94. The van der Waals surface area contributed by atoms with Gasteiger partial charge in [0.05, 0.1) is 12.6 Å². The van der Waals surface area contributed by atoms with Crippen molar-refractivity contribution >= 4 is 0 Å². The highest BCUT2D eigenvalue weighted by molar-refractivity contribution is 4.76. The SMILES string of the molecule is C=CNC1CNCCCOC1. The normalized spacial score (nSPS) is 26.7. The Morgan fingerprint density at radius 3 is 3.36 bits per heavy atom. The summed E-state index contributed by atoms with van der Waals surface area (Å²) in [5.74, 6) is 0. The second-order valence-electron chi connectivity index (χ2n) is 2.70. The van der Waals surface area contributed by atoms with Crippen LogP contribution >= 0.6 is 0 Å². The van der Waals surface area contributed by atoms with E-state index in [0.717, 1.165) is 32.7 Å². The van der Waals surface area contributed by atoms with Gasteiger partial charge in [0.15, 0.2) is 0 Å². The van der Waals surface area contributed by atoms with Crippen molar-refractivity contribution in [3.8, 4) is 0 Å². The van der Waals surface area contributed by atoms with Crippen molar-refractivity contribution in [2.45, 2.75) is 12.5 Å². The molecule has 2 N–H and O–H groups in total. The molecule has 11 heavy (non-hydrogen) atoms. The monoisotopic (exact) mass is 156 g/mol. The smallest absolute Gasteiger partial charge is 0.0680 e. The molecule has 0 radical (unpaired) electrons. The maximum Gasteiger partial charge on any atom is 0.0680 e. The van der Waals surface area contributed by atoms with Gasteiger partial charge in [0.2, 0.25) is 0 Å². The van der Waals surface area contributed by atoms with E-state index in [1.807, 2.05) is 0 Å².